The number of nitrogens with zero attached hydrogens (tertiary/aromatic N) is 4. The van der Waals surface area contributed by atoms with Crippen molar-refractivity contribution in [2.24, 2.45) is 5.92 Å². The molecule has 0 saturated carbocycles. The van der Waals surface area contributed by atoms with Gasteiger partial charge in [-0.05, 0) is 43.6 Å². The first-order valence-electron chi connectivity index (χ1n) is 10.2. The molecule has 1 aliphatic heterocycles. The topological polar surface area (TPSA) is 125 Å². The minimum atomic E-state index is -2.90. The Morgan fingerprint density at radius 2 is 2.03 bits per heavy atom. The van der Waals surface area contributed by atoms with E-state index in [2.05, 4.69) is 15.2 Å². The fourth-order valence-corrected chi connectivity index (χ4v) is 8.04. The van der Waals surface area contributed by atoms with Crippen LogP contribution in [0.4, 0.5) is 5.82 Å². The number of hydrogen-bond acceptors (Lipinski definition) is 10. The Balaban J connectivity index is 1.27. The zero-order valence-corrected chi connectivity index (χ0v) is 18.9. The average Bonchev–Trinajstić information content (AvgIpc) is 3.33. The summed E-state index contributed by atoms with van der Waals surface area (Å²) in [5.41, 5.74) is 7.66. The van der Waals surface area contributed by atoms with Crippen LogP contribution < -0.4 is 5.73 Å². The van der Waals surface area contributed by atoms with Crippen LogP contribution in [-0.2, 0) is 34.9 Å². The van der Waals surface area contributed by atoms with Gasteiger partial charge in [0.25, 0.3) is 5.22 Å². The standard InChI is InChI=1S/C19H23N5O3S3/c20-17-16-12-4-2-1-3-5-13(12)29-18(16)22-14(21-17)9-28-19-24-23-15(27-19)8-11-6-7-30(25,26)10-11/h11H,1-10H2,(H2,20,21,22)/t11-/m0/s1. The molecule has 30 heavy (non-hydrogen) atoms. The first-order valence-corrected chi connectivity index (χ1v) is 13.8. The van der Waals surface area contributed by atoms with Gasteiger partial charge in [0.2, 0.25) is 5.89 Å². The van der Waals surface area contributed by atoms with Crippen LogP contribution in [0.25, 0.3) is 10.2 Å². The molecule has 0 unspecified atom stereocenters. The quantitative estimate of drug-likeness (QED) is 0.446. The van der Waals surface area contributed by atoms with Crippen LogP contribution in [0.15, 0.2) is 9.64 Å². The molecule has 0 aromatic carbocycles. The first-order chi connectivity index (χ1) is 14.5. The second kappa shape index (κ2) is 8.08. The molecule has 1 atom stereocenters. The van der Waals surface area contributed by atoms with Crippen LogP contribution in [0.3, 0.4) is 0 Å². The Morgan fingerprint density at radius 3 is 2.87 bits per heavy atom. The maximum atomic E-state index is 11.6. The van der Waals surface area contributed by atoms with E-state index in [1.54, 1.807) is 11.3 Å². The Kier molecular flexibility index (Phi) is 5.44. The molecule has 0 amide bonds. The van der Waals surface area contributed by atoms with Crippen molar-refractivity contribution in [2.45, 2.75) is 55.9 Å². The van der Waals surface area contributed by atoms with E-state index in [0.717, 1.165) is 23.1 Å². The number of thiophene rings is 1. The van der Waals surface area contributed by atoms with Gasteiger partial charge in [-0.25, -0.2) is 18.4 Å². The van der Waals surface area contributed by atoms with Crippen LogP contribution in [0.1, 0.15) is 47.8 Å². The lowest BCUT2D eigenvalue weighted by Crippen LogP contribution is -2.07. The molecule has 0 spiro atoms. The molecule has 3 aromatic rings. The van der Waals surface area contributed by atoms with E-state index in [9.17, 15) is 8.42 Å². The molecule has 0 bridgehead atoms. The number of nitrogen functional groups attached to an aromatic ring is 1. The molecule has 11 heteroatoms. The van der Waals surface area contributed by atoms with Crippen LogP contribution in [0.5, 0.6) is 0 Å². The number of fused-ring (bicyclic) bond motifs is 3. The summed E-state index contributed by atoms with van der Waals surface area (Å²) in [6, 6.07) is 0. The SMILES string of the molecule is Nc1nc(CSc2nnc(C[C@@H]3CCS(=O)(=O)C3)o2)nc2sc3c(c12)CCCCC3. The van der Waals surface area contributed by atoms with Gasteiger partial charge in [0.1, 0.15) is 16.5 Å². The van der Waals surface area contributed by atoms with Crippen LogP contribution in [-0.4, -0.2) is 40.1 Å². The predicted octanol–water partition coefficient (Wildman–Crippen LogP) is 3.19. The molecule has 1 aliphatic carbocycles. The zero-order valence-electron chi connectivity index (χ0n) is 16.5. The minimum absolute atomic E-state index is 0.0629. The van der Waals surface area contributed by atoms with Crippen molar-refractivity contribution in [1.29, 1.82) is 0 Å². The van der Waals surface area contributed by atoms with Crippen LogP contribution in [0, 0.1) is 5.92 Å². The number of hydrogen-bond donors (Lipinski definition) is 1. The van der Waals surface area contributed by atoms with Crippen molar-refractivity contribution in [1.82, 2.24) is 20.2 Å². The Hall–Kier alpha value is -1.72. The molecule has 2 aliphatic rings. The van der Waals surface area contributed by atoms with E-state index in [4.69, 9.17) is 15.1 Å². The van der Waals surface area contributed by atoms with Gasteiger partial charge in [0.05, 0.1) is 22.6 Å². The fourth-order valence-electron chi connectivity index (χ4n) is 4.26. The smallest absolute Gasteiger partial charge is 0.277 e. The van der Waals surface area contributed by atoms with Crippen molar-refractivity contribution in [3.63, 3.8) is 0 Å². The third-order valence-corrected chi connectivity index (χ3v) is 9.54. The van der Waals surface area contributed by atoms with E-state index in [1.807, 2.05) is 0 Å². The van der Waals surface area contributed by atoms with Crippen molar-refractivity contribution >= 4 is 49.0 Å². The van der Waals surface area contributed by atoms with E-state index < -0.39 is 9.84 Å². The lowest BCUT2D eigenvalue weighted by molar-refractivity contribution is 0.389. The van der Waals surface area contributed by atoms with E-state index >= 15 is 0 Å². The molecule has 3 aromatic heterocycles. The largest absolute Gasteiger partial charge is 0.416 e. The molecule has 8 nitrogen and oxygen atoms in total. The molecule has 0 radical (unpaired) electrons. The summed E-state index contributed by atoms with van der Waals surface area (Å²) in [5.74, 6) is 2.70. The second-order valence-electron chi connectivity index (χ2n) is 7.99. The molecule has 4 heterocycles. The summed E-state index contributed by atoms with van der Waals surface area (Å²) in [5, 5.41) is 9.61. The number of aryl methyl sites for hydroxylation is 2. The lowest BCUT2D eigenvalue weighted by Gasteiger charge is -2.04. The number of rotatable bonds is 5. The number of thioether (sulfide) groups is 1. The summed E-state index contributed by atoms with van der Waals surface area (Å²) in [6.45, 7) is 0. The van der Waals surface area contributed by atoms with Gasteiger partial charge in [-0.3, -0.25) is 0 Å². The van der Waals surface area contributed by atoms with Gasteiger partial charge < -0.3 is 10.2 Å². The minimum Gasteiger partial charge on any atom is -0.416 e. The normalized spacial score (nSPS) is 21.0. The third-order valence-electron chi connectivity index (χ3n) is 5.70. The molecular weight excluding hydrogens is 442 g/mol. The number of sulfone groups is 1. The summed E-state index contributed by atoms with van der Waals surface area (Å²) in [6.07, 6.45) is 7.01. The van der Waals surface area contributed by atoms with Gasteiger partial charge in [-0.2, -0.15) is 0 Å². The summed E-state index contributed by atoms with van der Waals surface area (Å²) in [7, 11) is -2.90. The van der Waals surface area contributed by atoms with E-state index in [-0.39, 0.29) is 17.4 Å². The fraction of sp³-hybridized carbons (Fsp3) is 0.579. The highest BCUT2D eigenvalue weighted by atomic mass is 32.2. The number of aromatic nitrogens is 4. The van der Waals surface area contributed by atoms with Crippen molar-refractivity contribution in [2.75, 3.05) is 17.2 Å². The molecule has 2 N–H and O–H groups in total. The maximum absolute atomic E-state index is 11.6. The van der Waals surface area contributed by atoms with Crippen molar-refractivity contribution < 1.29 is 12.8 Å². The highest BCUT2D eigenvalue weighted by Crippen LogP contribution is 2.37. The van der Waals surface area contributed by atoms with Gasteiger partial charge in [0.15, 0.2) is 9.84 Å². The Morgan fingerprint density at radius 1 is 1.17 bits per heavy atom. The molecule has 1 fully saturated rings. The highest BCUT2D eigenvalue weighted by molar-refractivity contribution is 7.98. The highest BCUT2D eigenvalue weighted by Gasteiger charge is 2.29. The van der Waals surface area contributed by atoms with E-state index in [1.165, 1.54) is 41.5 Å². The number of anilines is 1. The third kappa shape index (κ3) is 4.19. The number of nitrogens with two attached hydrogens (primary N) is 1. The second-order valence-corrected chi connectivity index (χ2v) is 12.2. The molecular formula is C19H23N5O3S3. The van der Waals surface area contributed by atoms with Crippen LogP contribution >= 0.6 is 23.1 Å². The average molecular weight is 466 g/mol. The zero-order chi connectivity index (χ0) is 20.7. The van der Waals surface area contributed by atoms with Gasteiger partial charge in [0, 0.05) is 11.3 Å². The lowest BCUT2D eigenvalue weighted by atomic mass is 10.1. The van der Waals surface area contributed by atoms with Gasteiger partial charge in [-0.15, -0.1) is 21.5 Å². The Labute approximate surface area is 183 Å². The van der Waals surface area contributed by atoms with Gasteiger partial charge >= 0.3 is 0 Å². The summed E-state index contributed by atoms with van der Waals surface area (Å²) in [4.78, 5) is 11.6. The molecule has 5 rings (SSSR count). The monoisotopic (exact) mass is 465 g/mol. The van der Waals surface area contributed by atoms with Crippen molar-refractivity contribution in [3.05, 3.63) is 22.2 Å². The maximum Gasteiger partial charge on any atom is 0.277 e. The van der Waals surface area contributed by atoms with Crippen molar-refractivity contribution in [3.8, 4) is 0 Å². The molecule has 160 valence electrons. The summed E-state index contributed by atoms with van der Waals surface area (Å²) < 4.78 is 28.9. The van der Waals surface area contributed by atoms with Gasteiger partial charge in [-0.1, -0.05) is 18.2 Å². The van der Waals surface area contributed by atoms with Crippen LogP contribution in [0.2, 0.25) is 0 Å². The first kappa shape index (κ1) is 20.2. The summed E-state index contributed by atoms with van der Waals surface area (Å²) >= 11 is 3.12. The van der Waals surface area contributed by atoms with E-state index in [0.29, 0.717) is 41.4 Å². The predicted molar refractivity (Wildman–Crippen MR) is 117 cm³/mol. The Bertz CT molecular complexity index is 1190. The molecule has 1 saturated heterocycles.